The Bertz CT molecular complexity index is 449. The summed E-state index contributed by atoms with van der Waals surface area (Å²) < 4.78 is 13.2. The highest BCUT2D eigenvalue weighted by atomic mass is 19.1. The number of aliphatic hydroxyl groups is 1. The maximum Gasteiger partial charge on any atom is 0.239 e. The van der Waals surface area contributed by atoms with Crippen LogP contribution in [0.3, 0.4) is 0 Å². The predicted molar refractivity (Wildman–Crippen MR) is 66.9 cm³/mol. The molecule has 2 N–H and O–H groups in total. The zero-order chi connectivity index (χ0) is 13.1. The highest BCUT2D eigenvalue weighted by Crippen LogP contribution is 2.27. The second-order valence-electron chi connectivity index (χ2n) is 4.50. The molecule has 1 heterocycles. The lowest BCUT2D eigenvalue weighted by Crippen LogP contribution is -2.33. The number of halogens is 1. The van der Waals surface area contributed by atoms with E-state index in [0.717, 1.165) is 12.1 Å². The topological polar surface area (TPSA) is 52.6 Å². The molecule has 0 aromatic heterocycles. The van der Waals surface area contributed by atoms with Gasteiger partial charge in [0.05, 0.1) is 12.6 Å². The first kappa shape index (κ1) is 12.8. The van der Waals surface area contributed by atoms with E-state index in [4.69, 9.17) is 0 Å². The third kappa shape index (κ3) is 2.79. The summed E-state index contributed by atoms with van der Waals surface area (Å²) in [6, 6.07) is 4.29. The zero-order valence-corrected chi connectivity index (χ0v) is 10.3. The Kier molecular flexibility index (Phi) is 3.81. The van der Waals surface area contributed by atoms with E-state index in [9.17, 15) is 14.3 Å². The number of hydrogen-bond acceptors (Lipinski definition) is 3. The molecule has 1 aromatic rings. The quantitative estimate of drug-likeness (QED) is 0.831. The number of rotatable bonds is 2. The van der Waals surface area contributed by atoms with E-state index >= 15 is 0 Å². The maximum absolute atomic E-state index is 13.2. The Balaban J connectivity index is 2.33. The van der Waals surface area contributed by atoms with Crippen LogP contribution in [0.1, 0.15) is 25.0 Å². The van der Waals surface area contributed by atoms with Crippen LogP contribution in [0.15, 0.2) is 18.2 Å². The fourth-order valence-corrected chi connectivity index (χ4v) is 2.16. The molecule has 1 aliphatic rings. The molecule has 0 spiro atoms. The molecule has 5 heteroatoms. The van der Waals surface area contributed by atoms with Gasteiger partial charge in [-0.1, -0.05) is 0 Å². The van der Waals surface area contributed by atoms with Crippen LogP contribution in [0, 0.1) is 5.82 Å². The molecule has 2 rings (SSSR count). The molecular formula is C13H17FN2O2. The Labute approximate surface area is 105 Å². The van der Waals surface area contributed by atoms with Crippen LogP contribution in [-0.4, -0.2) is 30.6 Å². The van der Waals surface area contributed by atoms with Crippen LogP contribution in [0.5, 0.6) is 0 Å². The normalized spacial score (nSPS) is 18.2. The van der Waals surface area contributed by atoms with Gasteiger partial charge >= 0.3 is 0 Å². The number of benzene rings is 1. The molecule has 0 unspecified atom stereocenters. The van der Waals surface area contributed by atoms with Crippen molar-refractivity contribution in [3.63, 3.8) is 0 Å². The monoisotopic (exact) mass is 252 g/mol. The molecule has 4 nitrogen and oxygen atoms in total. The van der Waals surface area contributed by atoms with Crippen molar-refractivity contribution >= 4 is 11.6 Å². The van der Waals surface area contributed by atoms with Crippen LogP contribution in [-0.2, 0) is 4.79 Å². The molecule has 0 aliphatic carbocycles. The van der Waals surface area contributed by atoms with E-state index in [1.54, 1.807) is 13.0 Å². The number of carbonyl (C=O) groups is 1. The van der Waals surface area contributed by atoms with Crippen molar-refractivity contribution in [1.29, 1.82) is 0 Å². The molecule has 18 heavy (non-hydrogen) atoms. The van der Waals surface area contributed by atoms with E-state index in [-0.39, 0.29) is 18.3 Å². The molecule has 1 fully saturated rings. The fraction of sp³-hybridized carbons (Fsp3) is 0.462. The second kappa shape index (κ2) is 5.35. The molecule has 1 amide bonds. The maximum atomic E-state index is 13.2. The second-order valence-corrected chi connectivity index (χ2v) is 4.50. The van der Waals surface area contributed by atoms with Crippen molar-refractivity contribution in [3.8, 4) is 0 Å². The molecule has 0 saturated carbocycles. The van der Waals surface area contributed by atoms with Crippen molar-refractivity contribution in [1.82, 2.24) is 5.32 Å². The van der Waals surface area contributed by atoms with Gasteiger partial charge in [0.15, 0.2) is 0 Å². The van der Waals surface area contributed by atoms with Crippen molar-refractivity contribution in [2.24, 2.45) is 0 Å². The van der Waals surface area contributed by atoms with Gasteiger partial charge in [-0.25, -0.2) is 4.39 Å². The SMILES string of the molecule is C[C@H](O)c1cc(F)ccc1N1CCCNC(=O)C1. The summed E-state index contributed by atoms with van der Waals surface area (Å²) in [6.07, 6.45) is 0.0737. The van der Waals surface area contributed by atoms with E-state index in [1.807, 2.05) is 4.90 Å². The summed E-state index contributed by atoms with van der Waals surface area (Å²) >= 11 is 0. The summed E-state index contributed by atoms with van der Waals surface area (Å²) in [7, 11) is 0. The first-order valence-corrected chi connectivity index (χ1v) is 6.07. The average Bonchev–Trinajstić information content (AvgIpc) is 2.53. The van der Waals surface area contributed by atoms with E-state index < -0.39 is 6.10 Å². The Hall–Kier alpha value is -1.62. The van der Waals surface area contributed by atoms with Crippen LogP contribution >= 0.6 is 0 Å². The number of carbonyl (C=O) groups excluding carboxylic acids is 1. The van der Waals surface area contributed by atoms with Crippen molar-refractivity contribution in [2.75, 3.05) is 24.5 Å². The van der Waals surface area contributed by atoms with Gasteiger partial charge in [0.2, 0.25) is 5.91 Å². The zero-order valence-electron chi connectivity index (χ0n) is 10.3. The number of amides is 1. The van der Waals surface area contributed by atoms with Crippen molar-refractivity contribution in [2.45, 2.75) is 19.4 Å². The van der Waals surface area contributed by atoms with Crippen LogP contribution in [0.2, 0.25) is 0 Å². The fourth-order valence-electron chi connectivity index (χ4n) is 2.16. The molecule has 1 aromatic carbocycles. The summed E-state index contributed by atoms with van der Waals surface area (Å²) in [5, 5.41) is 12.5. The molecule has 98 valence electrons. The minimum Gasteiger partial charge on any atom is -0.389 e. The van der Waals surface area contributed by atoms with Gasteiger partial charge in [0.25, 0.3) is 0 Å². The largest absolute Gasteiger partial charge is 0.389 e. The molecule has 1 atom stereocenters. The van der Waals surface area contributed by atoms with E-state index in [2.05, 4.69) is 5.32 Å². The molecule has 1 aliphatic heterocycles. The van der Waals surface area contributed by atoms with Gasteiger partial charge in [-0.2, -0.15) is 0 Å². The molecule has 0 radical (unpaired) electrons. The highest BCUT2D eigenvalue weighted by molar-refractivity contribution is 5.82. The Morgan fingerprint density at radius 3 is 3.00 bits per heavy atom. The average molecular weight is 252 g/mol. The highest BCUT2D eigenvalue weighted by Gasteiger charge is 2.19. The Morgan fingerprint density at radius 2 is 2.28 bits per heavy atom. The number of anilines is 1. The number of aliphatic hydroxyl groups excluding tert-OH is 1. The molecular weight excluding hydrogens is 235 g/mol. The van der Waals surface area contributed by atoms with E-state index in [0.29, 0.717) is 18.7 Å². The summed E-state index contributed by atoms with van der Waals surface area (Å²) in [5.74, 6) is -0.428. The van der Waals surface area contributed by atoms with Gasteiger partial charge in [0.1, 0.15) is 5.82 Å². The standard InChI is InChI=1S/C13H17FN2O2/c1-9(17)11-7-10(14)3-4-12(11)16-6-2-5-15-13(18)8-16/h3-4,7,9,17H,2,5-6,8H2,1H3,(H,15,18)/t9-/m0/s1. The summed E-state index contributed by atoms with van der Waals surface area (Å²) in [6.45, 7) is 3.20. The van der Waals surface area contributed by atoms with Crippen LogP contribution in [0.4, 0.5) is 10.1 Å². The lowest BCUT2D eigenvalue weighted by Gasteiger charge is -2.25. The summed E-state index contributed by atoms with van der Waals surface area (Å²) in [5.41, 5.74) is 1.24. The molecule has 0 bridgehead atoms. The third-order valence-corrected chi connectivity index (χ3v) is 3.04. The van der Waals surface area contributed by atoms with E-state index in [1.165, 1.54) is 12.1 Å². The van der Waals surface area contributed by atoms with Crippen LogP contribution < -0.4 is 10.2 Å². The van der Waals surface area contributed by atoms with Gasteiger partial charge in [-0.15, -0.1) is 0 Å². The van der Waals surface area contributed by atoms with Crippen molar-refractivity contribution in [3.05, 3.63) is 29.6 Å². The first-order chi connectivity index (χ1) is 8.58. The van der Waals surface area contributed by atoms with Crippen LogP contribution in [0.25, 0.3) is 0 Å². The first-order valence-electron chi connectivity index (χ1n) is 6.07. The van der Waals surface area contributed by atoms with Gasteiger partial charge in [-0.3, -0.25) is 4.79 Å². The predicted octanol–water partition coefficient (Wildman–Crippen LogP) is 1.21. The lowest BCUT2D eigenvalue weighted by atomic mass is 10.1. The van der Waals surface area contributed by atoms with Crippen molar-refractivity contribution < 1.29 is 14.3 Å². The number of hydrogen-bond donors (Lipinski definition) is 2. The molecule has 1 saturated heterocycles. The lowest BCUT2D eigenvalue weighted by molar-refractivity contribution is -0.119. The van der Waals surface area contributed by atoms with Gasteiger partial charge < -0.3 is 15.3 Å². The smallest absolute Gasteiger partial charge is 0.239 e. The minimum atomic E-state index is -0.762. The summed E-state index contributed by atoms with van der Waals surface area (Å²) in [4.78, 5) is 13.4. The van der Waals surface area contributed by atoms with Gasteiger partial charge in [0, 0.05) is 24.3 Å². The minimum absolute atomic E-state index is 0.0478. The third-order valence-electron chi connectivity index (χ3n) is 3.04. The number of nitrogens with one attached hydrogen (secondary N) is 1. The Morgan fingerprint density at radius 1 is 1.50 bits per heavy atom. The number of nitrogens with zero attached hydrogens (tertiary/aromatic N) is 1. The van der Waals surface area contributed by atoms with Gasteiger partial charge in [-0.05, 0) is 31.5 Å².